The van der Waals surface area contributed by atoms with Crippen LogP contribution in [0.3, 0.4) is 0 Å². The fourth-order valence-corrected chi connectivity index (χ4v) is 1.44. The van der Waals surface area contributed by atoms with Crippen LogP contribution in [0.2, 0.25) is 0 Å². The zero-order valence-electron chi connectivity index (χ0n) is 8.90. The number of aryl methyl sites for hydroxylation is 1. The van der Waals surface area contributed by atoms with Gasteiger partial charge in [0.15, 0.2) is 0 Å². The molecule has 0 atom stereocenters. The normalized spacial score (nSPS) is 10.1. The van der Waals surface area contributed by atoms with Gasteiger partial charge in [0.1, 0.15) is 18.3 Å². The monoisotopic (exact) mass is 206 g/mol. The maximum Gasteiger partial charge on any atom is 0.134 e. The molecule has 0 aliphatic heterocycles. The third-order valence-electron chi connectivity index (χ3n) is 2.35. The minimum atomic E-state index is -0.730. The zero-order valence-corrected chi connectivity index (χ0v) is 8.90. The van der Waals surface area contributed by atoms with Crippen LogP contribution in [0.5, 0.6) is 5.75 Å². The van der Waals surface area contributed by atoms with Crippen molar-refractivity contribution < 1.29 is 14.3 Å². The van der Waals surface area contributed by atoms with E-state index in [1.807, 2.05) is 19.1 Å². The fourth-order valence-electron chi connectivity index (χ4n) is 1.44. The Morgan fingerprint density at radius 3 is 2.47 bits per heavy atom. The second-order valence-corrected chi connectivity index (χ2v) is 3.23. The van der Waals surface area contributed by atoms with E-state index in [1.54, 1.807) is 6.07 Å². The van der Waals surface area contributed by atoms with Crippen LogP contribution >= 0.6 is 0 Å². The van der Waals surface area contributed by atoms with E-state index in [4.69, 9.17) is 4.74 Å². The summed E-state index contributed by atoms with van der Waals surface area (Å²) in [7, 11) is 1.52. The summed E-state index contributed by atoms with van der Waals surface area (Å²) in [6.45, 7) is 2.02. The van der Waals surface area contributed by atoms with Crippen LogP contribution in [-0.2, 0) is 16.0 Å². The molecule has 80 valence electrons. The molecule has 0 saturated carbocycles. The first kappa shape index (κ1) is 11.4. The summed E-state index contributed by atoms with van der Waals surface area (Å²) >= 11 is 0. The molecule has 0 aliphatic carbocycles. The first-order valence-corrected chi connectivity index (χ1v) is 4.84. The van der Waals surface area contributed by atoms with Gasteiger partial charge in [-0.15, -0.1) is 0 Å². The van der Waals surface area contributed by atoms with Crippen LogP contribution in [0.1, 0.15) is 24.0 Å². The summed E-state index contributed by atoms with van der Waals surface area (Å²) in [5, 5.41) is 0. The molecule has 3 heteroatoms. The Morgan fingerprint density at radius 1 is 1.33 bits per heavy atom. The van der Waals surface area contributed by atoms with Crippen LogP contribution < -0.4 is 4.74 Å². The lowest BCUT2D eigenvalue weighted by Gasteiger charge is -2.11. The molecular weight excluding hydrogens is 192 g/mol. The largest absolute Gasteiger partial charge is 0.496 e. The highest BCUT2D eigenvalue weighted by Gasteiger charge is 2.14. The van der Waals surface area contributed by atoms with Crippen LogP contribution in [-0.4, -0.2) is 19.7 Å². The lowest BCUT2D eigenvalue weighted by Crippen LogP contribution is -2.04. The van der Waals surface area contributed by atoms with Gasteiger partial charge in [0, 0.05) is 5.56 Å². The van der Waals surface area contributed by atoms with Gasteiger partial charge < -0.3 is 14.3 Å². The Labute approximate surface area is 89.1 Å². The summed E-state index contributed by atoms with van der Waals surface area (Å²) in [5.41, 5.74) is 1.72. The molecule has 0 heterocycles. The topological polar surface area (TPSA) is 43.4 Å². The maximum atomic E-state index is 10.7. The van der Waals surface area contributed by atoms with Gasteiger partial charge in [0.25, 0.3) is 0 Å². The van der Waals surface area contributed by atoms with Gasteiger partial charge in [-0.3, -0.25) is 0 Å². The van der Waals surface area contributed by atoms with Crippen molar-refractivity contribution in [3.8, 4) is 5.75 Å². The molecule has 0 bridgehead atoms. The molecule has 0 saturated heterocycles. The molecule has 0 spiro atoms. The number of carbonyl (C=O) groups excluding carboxylic acids is 2. The molecule has 0 aromatic heterocycles. The summed E-state index contributed by atoms with van der Waals surface area (Å²) in [6.07, 6.45) is 2.12. The molecule has 1 aromatic rings. The lowest BCUT2D eigenvalue weighted by molar-refractivity contribution is -0.116. The fraction of sp³-hybridized carbons (Fsp3) is 0.333. The Kier molecular flexibility index (Phi) is 4.03. The highest BCUT2D eigenvalue weighted by Crippen LogP contribution is 2.25. The van der Waals surface area contributed by atoms with Gasteiger partial charge >= 0.3 is 0 Å². The summed E-state index contributed by atoms with van der Waals surface area (Å²) in [4.78, 5) is 21.4. The number of carbonyl (C=O) groups is 2. The van der Waals surface area contributed by atoms with Gasteiger partial charge in [-0.2, -0.15) is 0 Å². The van der Waals surface area contributed by atoms with Gasteiger partial charge in [-0.1, -0.05) is 19.1 Å². The van der Waals surface area contributed by atoms with E-state index >= 15 is 0 Å². The van der Waals surface area contributed by atoms with Crippen molar-refractivity contribution in [2.45, 2.75) is 19.3 Å². The number of aldehydes is 2. The minimum Gasteiger partial charge on any atom is -0.496 e. The third-order valence-corrected chi connectivity index (χ3v) is 2.35. The second-order valence-electron chi connectivity index (χ2n) is 3.23. The molecule has 0 fully saturated rings. The van der Waals surface area contributed by atoms with Crippen LogP contribution in [0, 0.1) is 0 Å². The number of hydrogen-bond acceptors (Lipinski definition) is 3. The van der Waals surface area contributed by atoms with Crippen molar-refractivity contribution >= 4 is 12.6 Å². The molecule has 0 unspecified atom stereocenters. The van der Waals surface area contributed by atoms with E-state index in [1.165, 1.54) is 7.11 Å². The standard InChI is InChI=1S/C12H14O3/c1-3-9-4-5-12(15-2)11(6-9)10(7-13)8-14/h4-8,10H,3H2,1-2H3. The minimum absolute atomic E-state index is 0.580. The van der Waals surface area contributed by atoms with E-state index in [9.17, 15) is 9.59 Å². The third kappa shape index (κ3) is 2.43. The highest BCUT2D eigenvalue weighted by atomic mass is 16.5. The van der Waals surface area contributed by atoms with E-state index in [0.717, 1.165) is 12.0 Å². The number of ether oxygens (including phenoxy) is 1. The lowest BCUT2D eigenvalue weighted by atomic mass is 9.98. The molecular formula is C12H14O3. The number of methoxy groups -OCH3 is 1. The Morgan fingerprint density at radius 2 is 2.00 bits per heavy atom. The van der Waals surface area contributed by atoms with E-state index in [2.05, 4.69) is 0 Å². The van der Waals surface area contributed by atoms with Gasteiger partial charge in [0.05, 0.1) is 13.0 Å². The van der Waals surface area contributed by atoms with Crippen molar-refractivity contribution in [1.82, 2.24) is 0 Å². The average molecular weight is 206 g/mol. The Bertz CT molecular complexity index is 350. The molecule has 0 aliphatic rings. The first-order valence-electron chi connectivity index (χ1n) is 4.84. The van der Waals surface area contributed by atoms with Gasteiger partial charge in [-0.25, -0.2) is 0 Å². The van der Waals surface area contributed by atoms with Crippen molar-refractivity contribution in [2.75, 3.05) is 7.11 Å². The van der Waals surface area contributed by atoms with Crippen molar-refractivity contribution in [2.24, 2.45) is 0 Å². The van der Waals surface area contributed by atoms with Crippen LogP contribution in [0.4, 0.5) is 0 Å². The molecule has 0 radical (unpaired) electrons. The Hall–Kier alpha value is -1.64. The molecule has 3 nitrogen and oxygen atoms in total. The molecule has 15 heavy (non-hydrogen) atoms. The van der Waals surface area contributed by atoms with E-state index < -0.39 is 5.92 Å². The highest BCUT2D eigenvalue weighted by molar-refractivity contribution is 5.86. The second kappa shape index (κ2) is 5.29. The molecule has 1 rings (SSSR count). The average Bonchev–Trinajstić information content (AvgIpc) is 2.30. The quantitative estimate of drug-likeness (QED) is 0.544. The van der Waals surface area contributed by atoms with Crippen molar-refractivity contribution in [3.63, 3.8) is 0 Å². The van der Waals surface area contributed by atoms with E-state index in [-0.39, 0.29) is 0 Å². The Balaban J connectivity index is 3.21. The molecule has 1 aromatic carbocycles. The van der Waals surface area contributed by atoms with Crippen molar-refractivity contribution in [3.05, 3.63) is 29.3 Å². The molecule has 0 N–H and O–H groups in total. The number of hydrogen-bond donors (Lipinski definition) is 0. The van der Waals surface area contributed by atoms with Crippen LogP contribution in [0.25, 0.3) is 0 Å². The number of benzene rings is 1. The maximum absolute atomic E-state index is 10.7. The SMILES string of the molecule is CCc1ccc(OC)c(C(C=O)C=O)c1. The van der Waals surface area contributed by atoms with Gasteiger partial charge in [-0.05, 0) is 18.1 Å². The van der Waals surface area contributed by atoms with E-state index in [0.29, 0.717) is 23.9 Å². The number of rotatable bonds is 5. The predicted molar refractivity (Wildman–Crippen MR) is 57.2 cm³/mol. The summed E-state index contributed by atoms with van der Waals surface area (Å²) < 4.78 is 5.11. The summed E-state index contributed by atoms with van der Waals surface area (Å²) in [5.74, 6) is -0.150. The first-order chi connectivity index (χ1) is 7.26. The molecule has 0 amide bonds. The van der Waals surface area contributed by atoms with Crippen LogP contribution in [0.15, 0.2) is 18.2 Å². The van der Waals surface area contributed by atoms with Gasteiger partial charge in [0.2, 0.25) is 0 Å². The summed E-state index contributed by atoms with van der Waals surface area (Å²) in [6, 6.07) is 5.55. The zero-order chi connectivity index (χ0) is 11.3. The van der Waals surface area contributed by atoms with Crippen molar-refractivity contribution in [1.29, 1.82) is 0 Å². The smallest absolute Gasteiger partial charge is 0.134 e. The predicted octanol–water partition coefficient (Wildman–Crippen LogP) is 1.74.